The van der Waals surface area contributed by atoms with Crippen LogP contribution in [-0.4, -0.2) is 0 Å². The summed E-state index contributed by atoms with van der Waals surface area (Å²) in [5.41, 5.74) is 18.5. The van der Waals surface area contributed by atoms with Gasteiger partial charge in [0.05, 0.1) is 0 Å². The van der Waals surface area contributed by atoms with Gasteiger partial charge in [0.25, 0.3) is 0 Å². The number of thiophene rings is 1. The van der Waals surface area contributed by atoms with E-state index in [0.29, 0.717) is 0 Å². The molecule has 18 rings (SSSR count). The van der Waals surface area contributed by atoms with Crippen molar-refractivity contribution in [2.45, 2.75) is 0 Å². The Morgan fingerprint density at radius 2 is 0.628 bits per heavy atom. The van der Waals surface area contributed by atoms with E-state index in [1.165, 1.54) is 146 Å². The van der Waals surface area contributed by atoms with E-state index in [-0.39, 0.29) is 0 Å². The van der Waals surface area contributed by atoms with E-state index >= 15 is 0 Å². The average molecular weight is 1110 g/mol. The maximum atomic E-state index is 6.79. The van der Waals surface area contributed by atoms with Gasteiger partial charge in [-0.3, -0.25) is 0 Å². The molecule has 0 atom stereocenters. The number of benzene rings is 16. The summed E-state index contributed by atoms with van der Waals surface area (Å²) in [6.45, 7) is 0. The van der Waals surface area contributed by atoms with E-state index in [1.54, 1.807) is 0 Å². The normalized spacial score (nSPS) is 12.0. The van der Waals surface area contributed by atoms with E-state index in [1.807, 2.05) is 11.3 Å². The van der Waals surface area contributed by atoms with Crippen LogP contribution in [0.15, 0.2) is 308 Å². The third-order valence-electron chi connectivity index (χ3n) is 18.2. The molecule has 2 heteroatoms. The predicted molar refractivity (Wildman–Crippen MR) is 370 cm³/mol. The van der Waals surface area contributed by atoms with Gasteiger partial charge >= 0.3 is 0 Å². The number of hydrogen-bond acceptors (Lipinski definition) is 2. The summed E-state index contributed by atoms with van der Waals surface area (Å²) >= 11 is 1.91. The Morgan fingerprint density at radius 1 is 0.209 bits per heavy atom. The molecule has 0 radical (unpaired) electrons. The second-order valence-electron chi connectivity index (χ2n) is 23.0. The standard InChI is InChI=1S/C84H50OS/c1-3-18-51(19-4-1)53-36-38-54(39-37-53)79-63-28-11-14-31-66(63)82(71-34-16-32-69-72-45-56-22-8-10-25-59(56)50-78(72)86-84(69)71)68-43-41-60(46-73(68)79)61-40-42-67-74(47-61)80(62-27-15-26-55(44-62)52-20-5-2-6-21-52)64-29-12-13-30-65(64)81(67)70-33-17-35-76-83(70)75-48-57-23-7-9-24-58(57)49-77(75)85-76/h1-50H. The summed E-state index contributed by atoms with van der Waals surface area (Å²) in [5, 5.41) is 19.4. The van der Waals surface area contributed by atoms with Crippen molar-refractivity contribution in [3.63, 3.8) is 0 Å². The topological polar surface area (TPSA) is 13.1 Å². The first-order valence-electron chi connectivity index (χ1n) is 29.6. The van der Waals surface area contributed by atoms with Gasteiger partial charge in [0.2, 0.25) is 0 Å². The van der Waals surface area contributed by atoms with Crippen LogP contribution in [0.4, 0.5) is 0 Å². The Hall–Kier alpha value is -10.9. The van der Waals surface area contributed by atoms with Crippen molar-refractivity contribution in [3.05, 3.63) is 303 Å². The Balaban J connectivity index is 0.917. The largest absolute Gasteiger partial charge is 0.456 e. The van der Waals surface area contributed by atoms with Crippen molar-refractivity contribution in [1.82, 2.24) is 0 Å². The van der Waals surface area contributed by atoms with Crippen LogP contribution < -0.4 is 0 Å². The summed E-state index contributed by atoms with van der Waals surface area (Å²) in [4.78, 5) is 0. The van der Waals surface area contributed by atoms with Crippen molar-refractivity contribution in [3.8, 4) is 77.9 Å². The van der Waals surface area contributed by atoms with E-state index < -0.39 is 0 Å². The average Bonchev–Trinajstić information content (AvgIpc) is 1.19. The monoisotopic (exact) mass is 1110 g/mol. The molecule has 398 valence electrons. The van der Waals surface area contributed by atoms with Crippen molar-refractivity contribution < 1.29 is 4.42 Å². The molecule has 0 bridgehead atoms. The molecule has 86 heavy (non-hydrogen) atoms. The minimum absolute atomic E-state index is 0.881. The first kappa shape index (κ1) is 48.6. The Labute approximate surface area is 500 Å². The highest BCUT2D eigenvalue weighted by Gasteiger charge is 2.24. The third kappa shape index (κ3) is 7.63. The summed E-state index contributed by atoms with van der Waals surface area (Å²) in [5.74, 6) is 0. The summed E-state index contributed by atoms with van der Waals surface area (Å²) in [6.07, 6.45) is 0. The van der Waals surface area contributed by atoms with Gasteiger partial charge in [0.1, 0.15) is 11.2 Å². The molecule has 0 fully saturated rings. The summed E-state index contributed by atoms with van der Waals surface area (Å²) < 4.78 is 9.40. The molecule has 0 amide bonds. The zero-order chi connectivity index (χ0) is 56.4. The van der Waals surface area contributed by atoms with Gasteiger partial charge in [-0.1, -0.05) is 255 Å². The second kappa shape index (κ2) is 19.3. The van der Waals surface area contributed by atoms with Crippen LogP contribution in [0.25, 0.3) is 185 Å². The summed E-state index contributed by atoms with van der Waals surface area (Å²) in [6, 6.07) is 113. The van der Waals surface area contributed by atoms with Crippen LogP contribution in [0.3, 0.4) is 0 Å². The van der Waals surface area contributed by atoms with Gasteiger partial charge in [-0.15, -0.1) is 11.3 Å². The van der Waals surface area contributed by atoms with Crippen LogP contribution in [0.5, 0.6) is 0 Å². The highest BCUT2D eigenvalue weighted by molar-refractivity contribution is 7.26. The number of rotatable bonds is 7. The number of hydrogen-bond donors (Lipinski definition) is 0. The Bertz CT molecular complexity index is 5810. The molecular formula is C84H50OS. The highest BCUT2D eigenvalue weighted by Crippen LogP contribution is 2.52. The predicted octanol–water partition coefficient (Wildman–Crippen LogP) is 24.5. The van der Waals surface area contributed by atoms with Gasteiger partial charge in [0.15, 0.2) is 0 Å². The highest BCUT2D eigenvalue weighted by atomic mass is 32.1. The quantitative estimate of drug-likeness (QED) is 0.145. The Morgan fingerprint density at radius 3 is 1.28 bits per heavy atom. The van der Waals surface area contributed by atoms with Crippen molar-refractivity contribution in [1.29, 1.82) is 0 Å². The lowest BCUT2D eigenvalue weighted by atomic mass is 9.82. The first-order chi connectivity index (χ1) is 42.6. The molecule has 0 saturated carbocycles. The lowest BCUT2D eigenvalue weighted by molar-refractivity contribution is 0.669. The van der Waals surface area contributed by atoms with Crippen molar-refractivity contribution >= 4 is 118 Å². The molecule has 0 spiro atoms. The minimum Gasteiger partial charge on any atom is -0.456 e. The fourth-order valence-electron chi connectivity index (χ4n) is 14.3. The van der Waals surface area contributed by atoms with Crippen LogP contribution in [0.1, 0.15) is 0 Å². The van der Waals surface area contributed by atoms with Crippen LogP contribution in [0, 0.1) is 0 Å². The van der Waals surface area contributed by atoms with E-state index in [4.69, 9.17) is 4.42 Å². The molecular weight excluding hydrogens is 1060 g/mol. The lowest BCUT2D eigenvalue weighted by Crippen LogP contribution is -1.93. The van der Waals surface area contributed by atoms with Crippen molar-refractivity contribution in [2.24, 2.45) is 0 Å². The molecule has 2 heterocycles. The molecule has 1 nitrogen and oxygen atoms in total. The van der Waals surface area contributed by atoms with E-state index in [9.17, 15) is 0 Å². The molecule has 0 saturated heterocycles. The van der Waals surface area contributed by atoms with Gasteiger partial charge < -0.3 is 4.42 Å². The number of fused-ring (bicyclic) bond motifs is 12. The van der Waals surface area contributed by atoms with E-state index in [2.05, 4.69) is 303 Å². The minimum atomic E-state index is 0.881. The smallest absolute Gasteiger partial charge is 0.136 e. The molecule has 16 aromatic carbocycles. The molecule has 0 aliphatic heterocycles. The first-order valence-corrected chi connectivity index (χ1v) is 30.4. The van der Waals surface area contributed by atoms with Gasteiger partial charge in [0, 0.05) is 36.5 Å². The third-order valence-corrected chi connectivity index (χ3v) is 19.4. The van der Waals surface area contributed by atoms with Crippen LogP contribution in [0.2, 0.25) is 0 Å². The van der Waals surface area contributed by atoms with Gasteiger partial charge in [-0.05, 0) is 185 Å². The fourth-order valence-corrected chi connectivity index (χ4v) is 15.5. The van der Waals surface area contributed by atoms with Crippen LogP contribution >= 0.6 is 11.3 Å². The SMILES string of the molecule is c1ccc(-c2ccc(-c3c4ccccc4c(-c4cccc5c4sc4cc6ccccc6cc45)c4ccc(-c5ccc6c(-c7cccc8oc9cc%10ccccc%10cc9c78)c7ccccc7c(-c7cccc(-c8ccccc8)c7)c6c5)cc34)cc2)cc1. The number of furan rings is 1. The van der Waals surface area contributed by atoms with Crippen LogP contribution in [-0.2, 0) is 0 Å². The van der Waals surface area contributed by atoms with Gasteiger partial charge in [-0.2, -0.15) is 0 Å². The molecule has 0 aliphatic rings. The molecule has 0 N–H and O–H groups in total. The Kier molecular flexibility index (Phi) is 10.9. The van der Waals surface area contributed by atoms with E-state index in [0.717, 1.165) is 38.6 Å². The summed E-state index contributed by atoms with van der Waals surface area (Å²) in [7, 11) is 0. The van der Waals surface area contributed by atoms with Crippen molar-refractivity contribution in [2.75, 3.05) is 0 Å². The molecule has 0 aliphatic carbocycles. The molecule has 2 aromatic heterocycles. The van der Waals surface area contributed by atoms with Gasteiger partial charge in [-0.25, -0.2) is 0 Å². The molecule has 18 aromatic rings. The fraction of sp³-hybridized carbons (Fsp3) is 0. The zero-order valence-electron chi connectivity index (χ0n) is 46.7. The maximum absolute atomic E-state index is 6.79. The second-order valence-corrected chi connectivity index (χ2v) is 24.0. The zero-order valence-corrected chi connectivity index (χ0v) is 47.5. The lowest BCUT2D eigenvalue weighted by Gasteiger charge is -2.21. The maximum Gasteiger partial charge on any atom is 0.136 e. The molecule has 0 unspecified atom stereocenters.